The van der Waals surface area contributed by atoms with Crippen molar-refractivity contribution in [3.05, 3.63) is 24.0 Å². The number of nitrogens with one attached hydrogen (secondary N) is 1. The van der Waals surface area contributed by atoms with Crippen molar-refractivity contribution in [2.45, 2.75) is 32.7 Å². The van der Waals surface area contributed by atoms with E-state index in [1.807, 2.05) is 6.07 Å². The van der Waals surface area contributed by atoms with Gasteiger partial charge in [-0.2, -0.15) is 0 Å². The fourth-order valence-corrected chi connectivity index (χ4v) is 4.11. The second-order valence-corrected chi connectivity index (χ2v) is 7.08. The Morgan fingerprint density at radius 2 is 2.08 bits per heavy atom. The van der Waals surface area contributed by atoms with Crippen molar-refractivity contribution >= 4 is 22.8 Å². The van der Waals surface area contributed by atoms with Crippen LogP contribution in [0.4, 0.5) is 5.88 Å². The third-order valence-electron chi connectivity index (χ3n) is 5.67. The second kappa shape index (κ2) is 6.67. The Morgan fingerprint density at radius 3 is 2.72 bits per heavy atom. The van der Waals surface area contributed by atoms with E-state index in [-0.39, 0.29) is 11.9 Å². The first kappa shape index (κ1) is 16.4. The molecule has 3 fully saturated rings. The standard InChI is InChI=1S/C19H26N4O2/c1-3-23(4-2)18-9-14-11-20-15(10-17(14)25-18)19(24)21-16-12-22-7-5-13(16)6-8-22/h9-11,13,16H,3-8,12H2,1-2H3,(H,21,24). The number of hydrogen-bond acceptors (Lipinski definition) is 5. The molecule has 2 bridgehead atoms. The van der Waals surface area contributed by atoms with E-state index < -0.39 is 0 Å². The second-order valence-electron chi connectivity index (χ2n) is 7.08. The number of carbonyl (C=O) groups is 1. The van der Waals surface area contributed by atoms with E-state index in [9.17, 15) is 4.79 Å². The Hall–Kier alpha value is -2.08. The lowest BCUT2D eigenvalue weighted by Gasteiger charge is -2.44. The average Bonchev–Trinajstić information content (AvgIpc) is 3.06. The summed E-state index contributed by atoms with van der Waals surface area (Å²) in [7, 11) is 0. The van der Waals surface area contributed by atoms with Gasteiger partial charge >= 0.3 is 0 Å². The van der Waals surface area contributed by atoms with Crippen LogP contribution in [0.1, 0.15) is 37.2 Å². The van der Waals surface area contributed by atoms with Crippen LogP contribution in [0.25, 0.3) is 11.0 Å². The molecule has 6 heteroatoms. The maximum absolute atomic E-state index is 12.6. The van der Waals surface area contributed by atoms with Crippen LogP contribution in [-0.4, -0.2) is 54.6 Å². The van der Waals surface area contributed by atoms with Crippen LogP contribution in [0.2, 0.25) is 0 Å². The van der Waals surface area contributed by atoms with E-state index >= 15 is 0 Å². The normalized spacial score (nSPS) is 25.3. The van der Waals surface area contributed by atoms with Gasteiger partial charge in [-0.05, 0) is 45.7 Å². The maximum atomic E-state index is 12.6. The Morgan fingerprint density at radius 1 is 1.32 bits per heavy atom. The molecule has 0 aromatic carbocycles. The molecule has 2 aromatic heterocycles. The molecule has 25 heavy (non-hydrogen) atoms. The van der Waals surface area contributed by atoms with Crippen molar-refractivity contribution in [2.75, 3.05) is 37.6 Å². The number of rotatable bonds is 5. The van der Waals surface area contributed by atoms with Crippen LogP contribution < -0.4 is 10.2 Å². The molecule has 134 valence electrons. The summed E-state index contributed by atoms with van der Waals surface area (Å²) in [4.78, 5) is 21.6. The highest BCUT2D eigenvalue weighted by Gasteiger charge is 2.35. The van der Waals surface area contributed by atoms with Crippen molar-refractivity contribution in [1.82, 2.24) is 15.2 Å². The van der Waals surface area contributed by atoms with E-state index in [0.29, 0.717) is 11.6 Å². The van der Waals surface area contributed by atoms with Gasteiger partial charge in [-0.3, -0.25) is 9.78 Å². The minimum absolute atomic E-state index is 0.0959. The Kier molecular flexibility index (Phi) is 4.37. The summed E-state index contributed by atoms with van der Waals surface area (Å²) in [5.74, 6) is 1.34. The number of amides is 1. The lowest BCUT2D eigenvalue weighted by Crippen LogP contribution is -2.57. The van der Waals surface area contributed by atoms with Gasteiger partial charge in [-0.25, -0.2) is 0 Å². The quantitative estimate of drug-likeness (QED) is 0.905. The SMILES string of the molecule is CCN(CC)c1cc2cnc(C(=O)NC3CN4CCC3CC4)cc2o1. The zero-order chi connectivity index (χ0) is 17.4. The summed E-state index contributed by atoms with van der Waals surface area (Å²) in [6.45, 7) is 9.27. The summed E-state index contributed by atoms with van der Waals surface area (Å²) in [6, 6.07) is 4.00. The molecule has 3 saturated heterocycles. The van der Waals surface area contributed by atoms with Gasteiger partial charge in [0.1, 0.15) is 11.3 Å². The molecule has 0 spiro atoms. The van der Waals surface area contributed by atoms with Crippen molar-refractivity contribution in [1.29, 1.82) is 0 Å². The third-order valence-corrected chi connectivity index (χ3v) is 5.67. The lowest BCUT2D eigenvalue weighted by molar-refractivity contribution is 0.0618. The van der Waals surface area contributed by atoms with Crippen molar-refractivity contribution < 1.29 is 9.21 Å². The predicted molar refractivity (Wildman–Crippen MR) is 98.0 cm³/mol. The molecular weight excluding hydrogens is 316 g/mol. The van der Waals surface area contributed by atoms with Crippen molar-refractivity contribution in [2.24, 2.45) is 5.92 Å². The largest absolute Gasteiger partial charge is 0.440 e. The minimum Gasteiger partial charge on any atom is -0.440 e. The molecule has 6 nitrogen and oxygen atoms in total. The summed E-state index contributed by atoms with van der Waals surface area (Å²) in [5.41, 5.74) is 1.15. The molecule has 5 heterocycles. The van der Waals surface area contributed by atoms with E-state index in [1.165, 1.54) is 25.9 Å². The van der Waals surface area contributed by atoms with E-state index in [2.05, 4.69) is 33.9 Å². The number of furan rings is 1. The maximum Gasteiger partial charge on any atom is 0.270 e. The first-order valence-electron chi connectivity index (χ1n) is 9.35. The monoisotopic (exact) mass is 342 g/mol. The molecule has 3 aliphatic rings. The molecule has 0 radical (unpaired) electrons. The molecular formula is C19H26N4O2. The molecule has 1 amide bonds. The summed E-state index contributed by atoms with van der Waals surface area (Å²) in [6.07, 6.45) is 4.10. The number of anilines is 1. The number of hydrogen-bond donors (Lipinski definition) is 1. The van der Waals surface area contributed by atoms with E-state index in [0.717, 1.165) is 36.5 Å². The number of aromatic nitrogens is 1. The van der Waals surface area contributed by atoms with Crippen molar-refractivity contribution in [3.8, 4) is 0 Å². The zero-order valence-corrected chi connectivity index (χ0v) is 15.0. The van der Waals surface area contributed by atoms with Crippen LogP contribution in [0.3, 0.4) is 0 Å². The van der Waals surface area contributed by atoms with E-state index in [4.69, 9.17) is 4.42 Å². The number of fused-ring (bicyclic) bond motifs is 4. The fraction of sp³-hybridized carbons (Fsp3) is 0.579. The number of piperidine rings is 3. The fourth-order valence-electron chi connectivity index (χ4n) is 4.11. The molecule has 1 atom stereocenters. The summed E-state index contributed by atoms with van der Waals surface area (Å²) < 4.78 is 5.94. The van der Waals surface area contributed by atoms with Gasteiger partial charge in [-0.15, -0.1) is 0 Å². The highest BCUT2D eigenvalue weighted by molar-refractivity contribution is 5.95. The molecule has 0 aliphatic carbocycles. The van der Waals surface area contributed by atoms with Crippen LogP contribution in [0, 0.1) is 5.92 Å². The van der Waals surface area contributed by atoms with Gasteiger partial charge in [-0.1, -0.05) is 0 Å². The number of carbonyl (C=O) groups excluding carboxylic acids is 1. The minimum atomic E-state index is -0.0959. The van der Waals surface area contributed by atoms with Gasteiger partial charge in [0.05, 0.1) is 0 Å². The van der Waals surface area contributed by atoms with Gasteiger partial charge < -0.3 is 19.5 Å². The summed E-state index contributed by atoms with van der Waals surface area (Å²) in [5, 5.41) is 4.12. The van der Waals surface area contributed by atoms with Crippen LogP contribution >= 0.6 is 0 Å². The topological polar surface area (TPSA) is 61.6 Å². The molecule has 0 saturated carbocycles. The van der Waals surface area contributed by atoms with Crippen LogP contribution in [0.15, 0.2) is 22.7 Å². The third kappa shape index (κ3) is 3.11. The van der Waals surface area contributed by atoms with E-state index in [1.54, 1.807) is 12.3 Å². The van der Waals surface area contributed by atoms with Gasteiger partial charge in [0, 0.05) is 49.4 Å². The van der Waals surface area contributed by atoms with Crippen molar-refractivity contribution in [3.63, 3.8) is 0 Å². The Bertz CT molecular complexity index is 760. The molecule has 1 N–H and O–H groups in total. The van der Waals surface area contributed by atoms with Crippen LogP contribution in [-0.2, 0) is 0 Å². The predicted octanol–water partition coefficient (Wildman–Crippen LogP) is 2.50. The lowest BCUT2D eigenvalue weighted by atomic mass is 9.84. The van der Waals surface area contributed by atoms with Crippen LogP contribution in [0.5, 0.6) is 0 Å². The first-order chi connectivity index (χ1) is 12.2. The zero-order valence-electron chi connectivity index (χ0n) is 15.0. The van der Waals surface area contributed by atoms with Gasteiger partial charge in [0.15, 0.2) is 5.88 Å². The highest BCUT2D eigenvalue weighted by atomic mass is 16.4. The Balaban J connectivity index is 1.51. The van der Waals surface area contributed by atoms with Gasteiger partial charge in [0.25, 0.3) is 5.91 Å². The molecule has 1 unspecified atom stereocenters. The molecule has 5 rings (SSSR count). The average molecular weight is 342 g/mol. The highest BCUT2D eigenvalue weighted by Crippen LogP contribution is 2.28. The number of nitrogens with zero attached hydrogens (tertiary/aromatic N) is 3. The molecule has 3 aliphatic heterocycles. The Labute approximate surface area is 148 Å². The smallest absolute Gasteiger partial charge is 0.270 e. The molecule has 2 aromatic rings. The first-order valence-corrected chi connectivity index (χ1v) is 9.35. The van der Waals surface area contributed by atoms with Gasteiger partial charge in [0.2, 0.25) is 0 Å². The summed E-state index contributed by atoms with van der Waals surface area (Å²) >= 11 is 0. The number of pyridine rings is 1.